The number of benzene rings is 1. The quantitative estimate of drug-likeness (QED) is 0.473. The molecule has 1 aromatic rings. The predicted octanol–water partition coefficient (Wildman–Crippen LogP) is 3.32. The van der Waals surface area contributed by atoms with Crippen molar-refractivity contribution >= 4 is 21.6 Å². The minimum absolute atomic E-state index is 0.00683. The van der Waals surface area contributed by atoms with Crippen molar-refractivity contribution in [3.05, 3.63) is 29.1 Å². The van der Waals surface area contributed by atoms with E-state index in [1.165, 1.54) is 0 Å². The molecule has 0 unspecified atom stereocenters. The van der Waals surface area contributed by atoms with Gasteiger partial charge in [0.15, 0.2) is 0 Å². The van der Waals surface area contributed by atoms with Gasteiger partial charge in [0.05, 0.1) is 5.56 Å². The molecule has 0 amide bonds. The van der Waals surface area contributed by atoms with Gasteiger partial charge in [-0.3, -0.25) is 0 Å². The highest BCUT2D eigenvalue weighted by molar-refractivity contribution is 9.08. The lowest BCUT2D eigenvalue weighted by Crippen LogP contribution is -2.10. The normalized spacial score (nSPS) is 11.8. The first kappa shape index (κ1) is 11.3. The molecule has 1 aromatic carbocycles. The van der Waals surface area contributed by atoms with Crippen LogP contribution in [0.25, 0.3) is 0 Å². The molecule has 0 saturated heterocycles. The molecule has 0 fully saturated rings. The van der Waals surface area contributed by atoms with Crippen LogP contribution in [-0.2, 0) is 11.5 Å². The van der Waals surface area contributed by atoms with Crippen molar-refractivity contribution in [2.24, 2.45) is 0 Å². The van der Waals surface area contributed by atoms with E-state index in [2.05, 4.69) is 15.9 Å². The molecule has 0 aromatic heterocycles. The summed E-state index contributed by atoms with van der Waals surface area (Å²) in [5, 5.41) is -0.0470. The van der Waals surface area contributed by atoms with Crippen LogP contribution in [0.5, 0.6) is 0 Å². The second-order valence-electron chi connectivity index (χ2n) is 2.63. The summed E-state index contributed by atoms with van der Waals surface area (Å²) in [5.41, 5.74) is 3.86. The fourth-order valence-corrected chi connectivity index (χ4v) is 1.56. The van der Waals surface area contributed by atoms with Crippen LogP contribution < -0.4 is 5.73 Å². The number of nitrogen functional groups attached to an aromatic ring is 1. The van der Waals surface area contributed by atoms with Crippen LogP contribution >= 0.6 is 15.9 Å². The Bertz CT molecular complexity index is 348. The van der Waals surface area contributed by atoms with Crippen molar-refractivity contribution in [3.63, 3.8) is 0 Å². The van der Waals surface area contributed by atoms with Gasteiger partial charge in [0.2, 0.25) is 0 Å². The van der Waals surface area contributed by atoms with E-state index in [9.17, 15) is 17.6 Å². The lowest BCUT2D eigenvalue weighted by atomic mass is 10.1. The minimum Gasteiger partial charge on any atom is -0.398 e. The van der Waals surface area contributed by atoms with Gasteiger partial charge in [0.25, 0.3) is 0 Å². The molecule has 0 heterocycles. The largest absolute Gasteiger partial charge is 0.419 e. The van der Waals surface area contributed by atoms with Crippen molar-refractivity contribution in [3.8, 4) is 0 Å². The predicted molar refractivity (Wildman–Crippen MR) is 48.4 cm³/mol. The Kier molecular flexibility index (Phi) is 3.04. The summed E-state index contributed by atoms with van der Waals surface area (Å²) in [6.07, 6.45) is -4.69. The smallest absolute Gasteiger partial charge is 0.398 e. The van der Waals surface area contributed by atoms with Gasteiger partial charge >= 0.3 is 6.18 Å². The summed E-state index contributed by atoms with van der Waals surface area (Å²) >= 11 is 2.87. The summed E-state index contributed by atoms with van der Waals surface area (Å²) < 4.78 is 49.8. The van der Waals surface area contributed by atoms with Gasteiger partial charge in [-0.25, -0.2) is 4.39 Å². The zero-order valence-corrected chi connectivity index (χ0v) is 8.41. The molecule has 0 saturated carbocycles. The van der Waals surface area contributed by atoms with Gasteiger partial charge in [-0.1, -0.05) is 15.9 Å². The Balaban J connectivity index is 3.36. The molecule has 78 valence electrons. The first-order valence-electron chi connectivity index (χ1n) is 3.58. The molecule has 1 nitrogen and oxygen atoms in total. The van der Waals surface area contributed by atoms with E-state index >= 15 is 0 Å². The Hall–Kier alpha value is -0.780. The first-order chi connectivity index (χ1) is 6.38. The maximum atomic E-state index is 13.2. The Morgan fingerprint density at radius 2 is 1.86 bits per heavy atom. The van der Waals surface area contributed by atoms with Crippen LogP contribution in [-0.4, -0.2) is 0 Å². The van der Waals surface area contributed by atoms with Crippen LogP contribution in [0.4, 0.5) is 23.2 Å². The summed E-state index contributed by atoms with van der Waals surface area (Å²) in [6.45, 7) is 0. The molecule has 0 aliphatic heterocycles. The van der Waals surface area contributed by atoms with Crippen molar-refractivity contribution in [1.82, 2.24) is 0 Å². The summed E-state index contributed by atoms with van der Waals surface area (Å²) in [4.78, 5) is 0. The maximum absolute atomic E-state index is 13.2. The van der Waals surface area contributed by atoms with Crippen LogP contribution in [0.2, 0.25) is 0 Å². The molecule has 0 spiro atoms. The molecule has 0 atom stereocenters. The Labute approximate surface area is 86.0 Å². The number of hydrogen-bond acceptors (Lipinski definition) is 1. The second-order valence-corrected chi connectivity index (χ2v) is 3.19. The number of nitrogens with two attached hydrogens (primary N) is 1. The Morgan fingerprint density at radius 1 is 1.29 bits per heavy atom. The average Bonchev–Trinajstić information content (AvgIpc) is 2.02. The van der Waals surface area contributed by atoms with Crippen molar-refractivity contribution < 1.29 is 17.6 Å². The molecule has 0 bridgehead atoms. The van der Waals surface area contributed by atoms with Gasteiger partial charge in [-0.15, -0.1) is 0 Å². The van der Waals surface area contributed by atoms with Gasteiger partial charge < -0.3 is 5.73 Å². The highest BCUT2D eigenvalue weighted by Gasteiger charge is 2.35. The average molecular weight is 272 g/mol. The van der Waals surface area contributed by atoms with Crippen molar-refractivity contribution in [1.29, 1.82) is 0 Å². The monoisotopic (exact) mass is 271 g/mol. The van der Waals surface area contributed by atoms with Crippen LogP contribution in [0, 0.1) is 5.82 Å². The fraction of sp³-hybridized carbons (Fsp3) is 0.250. The third-order valence-corrected chi connectivity index (χ3v) is 2.28. The molecule has 6 heteroatoms. The number of rotatable bonds is 1. The van der Waals surface area contributed by atoms with Crippen LogP contribution in [0.3, 0.4) is 0 Å². The number of hydrogen-bond donors (Lipinski definition) is 1. The molecule has 1 rings (SSSR count). The van der Waals surface area contributed by atoms with E-state index in [4.69, 9.17) is 5.73 Å². The lowest BCUT2D eigenvalue weighted by molar-refractivity contribution is -0.140. The SMILES string of the molecule is Nc1ccc(C(F)(F)F)c(F)c1CBr. The highest BCUT2D eigenvalue weighted by Crippen LogP contribution is 2.34. The second kappa shape index (κ2) is 3.76. The number of anilines is 1. The number of halogens is 5. The van der Waals surface area contributed by atoms with Crippen molar-refractivity contribution in [2.75, 3.05) is 5.73 Å². The zero-order chi connectivity index (χ0) is 10.9. The highest BCUT2D eigenvalue weighted by atomic mass is 79.9. The van der Waals surface area contributed by atoms with E-state index in [0.29, 0.717) is 6.07 Å². The van der Waals surface area contributed by atoms with Gasteiger partial charge in [0, 0.05) is 16.6 Å². The number of alkyl halides is 4. The molecule has 0 aliphatic rings. The van der Waals surface area contributed by atoms with E-state index < -0.39 is 17.6 Å². The molecule has 14 heavy (non-hydrogen) atoms. The van der Waals surface area contributed by atoms with Gasteiger partial charge in [0.1, 0.15) is 5.82 Å². The summed E-state index contributed by atoms with van der Waals surface area (Å²) in [7, 11) is 0. The summed E-state index contributed by atoms with van der Waals surface area (Å²) in [5.74, 6) is -1.31. The van der Waals surface area contributed by atoms with E-state index in [0.717, 1.165) is 6.07 Å². The molecular weight excluding hydrogens is 266 g/mol. The zero-order valence-electron chi connectivity index (χ0n) is 6.83. The third-order valence-electron chi connectivity index (χ3n) is 1.72. The van der Waals surface area contributed by atoms with Crippen LogP contribution in [0.1, 0.15) is 11.1 Å². The molecule has 0 radical (unpaired) electrons. The fourth-order valence-electron chi connectivity index (χ4n) is 0.991. The van der Waals surface area contributed by atoms with Crippen molar-refractivity contribution in [2.45, 2.75) is 11.5 Å². The first-order valence-corrected chi connectivity index (χ1v) is 4.70. The van der Waals surface area contributed by atoms with Gasteiger partial charge in [-0.05, 0) is 12.1 Å². The third kappa shape index (κ3) is 2.00. The Morgan fingerprint density at radius 3 is 2.29 bits per heavy atom. The van der Waals surface area contributed by atoms with Crippen LogP contribution in [0.15, 0.2) is 12.1 Å². The molecule has 2 N–H and O–H groups in total. The topological polar surface area (TPSA) is 26.0 Å². The van der Waals surface area contributed by atoms with E-state index in [-0.39, 0.29) is 16.6 Å². The maximum Gasteiger partial charge on any atom is 0.419 e. The molecule has 0 aliphatic carbocycles. The lowest BCUT2D eigenvalue weighted by Gasteiger charge is -2.11. The van der Waals surface area contributed by atoms with E-state index in [1.807, 2.05) is 0 Å². The molecular formula is C8H6BrF4N. The summed E-state index contributed by atoms with van der Waals surface area (Å²) in [6, 6.07) is 1.68. The van der Waals surface area contributed by atoms with E-state index in [1.54, 1.807) is 0 Å². The standard InChI is InChI=1S/C8H6BrF4N/c9-3-4-6(14)2-1-5(7(4)10)8(11,12)13/h1-2H,3,14H2. The van der Waals surface area contributed by atoms with Gasteiger partial charge in [-0.2, -0.15) is 13.2 Å². The minimum atomic E-state index is -4.69.